The van der Waals surface area contributed by atoms with Gasteiger partial charge in [-0.05, 0) is 18.4 Å². The summed E-state index contributed by atoms with van der Waals surface area (Å²) in [6.45, 7) is 7.01. The number of hydrogen-bond donors (Lipinski definition) is 0. The van der Waals surface area contributed by atoms with Crippen molar-refractivity contribution in [3.05, 3.63) is 48.3 Å². The summed E-state index contributed by atoms with van der Waals surface area (Å²) in [4.78, 5) is 5.23. The van der Waals surface area contributed by atoms with Crippen LogP contribution in [0.4, 0.5) is 0 Å². The molecule has 0 spiro atoms. The highest BCUT2D eigenvalue weighted by atomic mass is 15.4. The highest BCUT2D eigenvalue weighted by Gasteiger charge is 2.25. The van der Waals surface area contributed by atoms with E-state index in [0.717, 1.165) is 6.42 Å². The molecule has 0 aromatic heterocycles. The first-order valence-corrected chi connectivity index (χ1v) is 15.1. The fourth-order valence-electron chi connectivity index (χ4n) is 5.28. The molecule has 194 valence electrons. The molecule has 1 aliphatic heterocycles. The van der Waals surface area contributed by atoms with Crippen LogP contribution in [0.2, 0.25) is 0 Å². The molecule has 1 aliphatic rings. The van der Waals surface area contributed by atoms with E-state index in [-0.39, 0.29) is 0 Å². The van der Waals surface area contributed by atoms with Crippen LogP contribution in [0.1, 0.15) is 135 Å². The summed E-state index contributed by atoms with van der Waals surface area (Å²) in [6.07, 6.45) is 31.7. The number of unbranched alkanes of at least 4 members (excludes halogenated alkanes) is 16. The molecule has 1 heterocycles. The first kappa shape index (κ1) is 28.8. The minimum absolute atomic E-state index is 0.505. The summed E-state index contributed by atoms with van der Waals surface area (Å²) in [5, 5.41) is 0. The second-order valence-corrected chi connectivity index (χ2v) is 10.6. The molecule has 1 aromatic carbocycles. The lowest BCUT2D eigenvalue weighted by atomic mass is 10.0. The molecule has 1 atom stereocenters. The smallest absolute Gasteiger partial charge is 0.105 e. The molecule has 2 rings (SSSR count). The molecule has 2 heteroatoms. The summed E-state index contributed by atoms with van der Waals surface area (Å²) >= 11 is 0. The van der Waals surface area contributed by atoms with Gasteiger partial charge in [0.25, 0.3) is 0 Å². The van der Waals surface area contributed by atoms with Gasteiger partial charge in [0.1, 0.15) is 6.17 Å². The third kappa shape index (κ3) is 12.9. The quantitative estimate of drug-likeness (QED) is 0.156. The van der Waals surface area contributed by atoms with Crippen LogP contribution in [0.3, 0.4) is 0 Å². The van der Waals surface area contributed by atoms with E-state index in [1.807, 2.05) is 0 Å². The van der Waals surface area contributed by atoms with Crippen LogP contribution in [0, 0.1) is 0 Å². The van der Waals surface area contributed by atoms with E-state index in [1.165, 1.54) is 134 Å². The minimum atomic E-state index is 0.505. The molecule has 0 saturated heterocycles. The van der Waals surface area contributed by atoms with Gasteiger partial charge in [-0.1, -0.05) is 147 Å². The summed E-state index contributed by atoms with van der Waals surface area (Å²) < 4.78 is 0. The monoisotopic (exact) mass is 468 g/mol. The molecule has 0 N–H and O–H groups in total. The summed E-state index contributed by atoms with van der Waals surface area (Å²) in [5.41, 5.74) is 1.46. The zero-order chi connectivity index (χ0) is 24.1. The second kappa shape index (κ2) is 19.8. The van der Waals surface area contributed by atoms with Crippen molar-refractivity contribution in [2.75, 3.05) is 13.1 Å². The lowest BCUT2D eigenvalue weighted by molar-refractivity contribution is 0.148. The van der Waals surface area contributed by atoms with Gasteiger partial charge in [0.15, 0.2) is 0 Å². The number of hydrogen-bond acceptors (Lipinski definition) is 2. The standard InChI is InChI=1S/C32H56N2/c1-3-5-7-9-10-11-12-13-14-15-16-18-23-27-34-29-28-33(26-22-17-8-6-4-2)32(34)30-31-24-20-19-21-25-31/h19-21,24-25,28-29,32H,3-18,22-23,26-27,30H2,1-2H3. The Kier molecular flexibility index (Phi) is 16.8. The normalized spacial score (nSPS) is 15.5. The van der Waals surface area contributed by atoms with E-state index in [1.54, 1.807) is 0 Å². The molecular formula is C32H56N2. The van der Waals surface area contributed by atoms with Gasteiger partial charge in [-0.2, -0.15) is 0 Å². The molecule has 1 aromatic rings. The number of nitrogens with zero attached hydrogens (tertiary/aromatic N) is 2. The van der Waals surface area contributed by atoms with E-state index in [4.69, 9.17) is 0 Å². The van der Waals surface area contributed by atoms with Crippen LogP contribution in [-0.2, 0) is 6.42 Å². The Morgan fingerprint density at radius 2 is 0.882 bits per heavy atom. The van der Waals surface area contributed by atoms with Crippen molar-refractivity contribution >= 4 is 0 Å². The Morgan fingerprint density at radius 1 is 0.500 bits per heavy atom. The van der Waals surface area contributed by atoms with E-state index in [9.17, 15) is 0 Å². The zero-order valence-electron chi connectivity index (χ0n) is 22.9. The van der Waals surface area contributed by atoms with Gasteiger partial charge in [0.05, 0.1) is 0 Å². The summed E-state index contributed by atoms with van der Waals surface area (Å²) in [7, 11) is 0. The van der Waals surface area contributed by atoms with Gasteiger partial charge in [-0.25, -0.2) is 0 Å². The molecule has 1 unspecified atom stereocenters. The summed E-state index contributed by atoms with van der Waals surface area (Å²) in [6, 6.07) is 11.1. The van der Waals surface area contributed by atoms with Crippen molar-refractivity contribution < 1.29 is 0 Å². The Balaban J connectivity index is 1.59. The van der Waals surface area contributed by atoms with Gasteiger partial charge < -0.3 is 9.80 Å². The van der Waals surface area contributed by atoms with Crippen molar-refractivity contribution in [3.63, 3.8) is 0 Å². The van der Waals surface area contributed by atoms with Gasteiger partial charge >= 0.3 is 0 Å². The molecule has 0 saturated carbocycles. The Labute approximate surface area is 213 Å². The van der Waals surface area contributed by atoms with Crippen LogP contribution in [0.25, 0.3) is 0 Å². The molecule has 0 aliphatic carbocycles. The topological polar surface area (TPSA) is 6.48 Å². The molecular weight excluding hydrogens is 412 g/mol. The predicted molar refractivity (Wildman–Crippen MR) is 151 cm³/mol. The highest BCUT2D eigenvalue weighted by molar-refractivity contribution is 5.17. The minimum Gasteiger partial charge on any atom is -0.356 e. The van der Waals surface area contributed by atoms with Crippen LogP contribution in [0.15, 0.2) is 42.7 Å². The van der Waals surface area contributed by atoms with Gasteiger partial charge in [0, 0.05) is 31.9 Å². The lowest BCUT2D eigenvalue weighted by Crippen LogP contribution is -2.41. The molecule has 2 nitrogen and oxygen atoms in total. The SMILES string of the molecule is CCCCCCCCCCCCCCCN1C=CN(CCCCCCC)C1Cc1ccccc1. The van der Waals surface area contributed by atoms with Crippen LogP contribution in [0.5, 0.6) is 0 Å². The van der Waals surface area contributed by atoms with E-state index >= 15 is 0 Å². The summed E-state index contributed by atoms with van der Waals surface area (Å²) in [5.74, 6) is 0. The van der Waals surface area contributed by atoms with Crippen molar-refractivity contribution in [1.82, 2.24) is 9.80 Å². The maximum absolute atomic E-state index is 2.62. The first-order chi connectivity index (χ1) is 16.8. The van der Waals surface area contributed by atoms with Crippen molar-refractivity contribution in [2.45, 2.75) is 142 Å². The average molecular weight is 469 g/mol. The van der Waals surface area contributed by atoms with E-state index in [0.29, 0.717) is 6.17 Å². The Morgan fingerprint density at radius 3 is 1.29 bits per heavy atom. The zero-order valence-corrected chi connectivity index (χ0v) is 22.9. The fraction of sp³-hybridized carbons (Fsp3) is 0.750. The highest BCUT2D eigenvalue weighted by Crippen LogP contribution is 2.22. The number of benzene rings is 1. The van der Waals surface area contributed by atoms with Gasteiger partial charge in [-0.3, -0.25) is 0 Å². The van der Waals surface area contributed by atoms with Crippen molar-refractivity contribution in [1.29, 1.82) is 0 Å². The lowest BCUT2D eigenvalue weighted by Gasteiger charge is -2.33. The largest absolute Gasteiger partial charge is 0.356 e. The maximum Gasteiger partial charge on any atom is 0.105 e. The second-order valence-electron chi connectivity index (χ2n) is 10.6. The van der Waals surface area contributed by atoms with E-state index < -0.39 is 0 Å². The van der Waals surface area contributed by atoms with Crippen LogP contribution < -0.4 is 0 Å². The molecule has 34 heavy (non-hydrogen) atoms. The average Bonchev–Trinajstić information content (AvgIpc) is 3.23. The third-order valence-electron chi connectivity index (χ3n) is 7.52. The van der Waals surface area contributed by atoms with E-state index in [2.05, 4.69) is 66.4 Å². The number of rotatable bonds is 22. The molecule has 0 radical (unpaired) electrons. The maximum atomic E-state index is 2.62. The predicted octanol–water partition coefficient (Wildman–Crippen LogP) is 9.71. The third-order valence-corrected chi connectivity index (χ3v) is 7.52. The van der Waals surface area contributed by atoms with Crippen LogP contribution in [-0.4, -0.2) is 29.1 Å². The van der Waals surface area contributed by atoms with Gasteiger partial charge in [0.2, 0.25) is 0 Å². The fourth-order valence-corrected chi connectivity index (χ4v) is 5.28. The first-order valence-electron chi connectivity index (χ1n) is 15.1. The molecule has 0 bridgehead atoms. The molecule has 0 amide bonds. The Hall–Kier alpha value is -1.44. The molecule has 0 fully saturated rings. The van der Waals surface area contributed by atoms with Crippen LogP contribution >= 0.6 is 0 Å². The van der Waals surface area contributed by atoms with Crippen molar-refractivity contribution in [3.8, 4) is 0 Å². The van der Waals surface area contributed by atoms with Gasteiger partial charge in [-0.15, -0.1) is 0 Å². The Bertz CT molecular complexity index is 596. The van der Waals surface area contributed by atoms with Crippen molar-refractivity contribution in [2.24, 2.45) is 0 Å².